The molecule has 2 N–H and O–H groups in total. The number of esters is 1. The Morgan fingerprint density at radius 3 is 2.69 bits per heavy atom. The SMILES string of the molecule is COC(=O)CCCN1CC[C@@H](NC(=O)[C@H](CCCn2ccnc2[N+](=O)[O-])NC(=O)OC(C)(C)C)C1. The third-order valence-corrected chi connectivity index (χ3v) is 5.46. The molecule has 0 spiro atoms. The summed E-state index contributed by atoms with van der Waals surface area (Å²) >= 11 is 0. The van der Waals surface area contributed by atoms with E-state index in [9.17, 15) is 24.5 Å². The van der Waals surface area contributed by atoms with Crippen molar-refractivity contribution in [3.05, 3.63) is 22.5 Å². The summed E-state index contributed by atoms with van der Waals surface area (Å²) in [5.74, 6) is -0.854. The summed E-state index contributed by atoms with van der Waals surface area (Å²) in [6.07, 6.45) is 4.58. The third-order valence-electron chi connectivity index (χ3n) is 5.46. The molecular weight excluding hydrogens is 460 g/mol. The van der Waals surface area contributed by atoms with Gasteiger partial charge in [-0.15, -0.1) is 0 Å². The number of likely N-dealkylation sites (tertiary alicyclic amines) is 1. The van der Waals surface area contributed by atoms with E-state index in [4.69, 9.17) is 4.74 Å². The average Bonchev–Trinajstić information content (AvgIpc) is 3.41. The largest absolute Gasteiger partial charge is 0.469 e. The highest BCUT2D eigenvalue weighted by atomic mass is 16.6. The maximum atomic E-state index is 13.0. The van der Waals surface area contributed by atoms with Gasteiger partial charge in [0.05, 0.1) is 13.7 Å². The van der Waals surface area contributed by atoms with Crippen LogP contribution in [-0.4, -0.2) is 81.8 Å². The van der Waals surface area contributed by atoms with Gasteiger partial charge >= 0.3 is 18.0 Å². The fraction of sp³-hybridized carbons (Fsp3) is 0.727. The molecular formula is C22H36N6O7. The van der Waals surface area contributed by atoms with Gasteiger partial charge in [-0.2, -0.15) is 0 Å². The summed E-state index contributed by atoms with van der Waals surface area (Å²) in [6, 6.07) is -0.945. The van der Waals surface area contributed by atoms with Gasteiger partial charge in [-0.25, -0.2) is 9.36 Å². The highest BCUT2D eigenvalue weighted by Gasteiger charge is 2.29. The van der Waals surface area contributed by atoms with Crippen LogP contribution in [-0.2, 0) is 25.6 Å². The molecule has 0 unspecified atom stereocenters. The normalized spacial score (nSPS) is 17.0. The molecule has 2 atom stereocenters. The zero-order valence-electron chi connectivity index (χ0n) is 20.8. The summed E-state index contributed by atoms with van der Waals surface area (Å²) in [5.41, 5.74) is -0.724. The number of carbonyl (C=O) groups is 3. The van der Waals surface area contributed by atoms with Gasteiger partial charge in [0.15, 0.2) is 0 Å². The molecule has 1 aromatic heterocycles. The second-order valence-electron chi connectivity index (χ2n) is 9.49. The number of rotatable bonds is 12. The van der Waals surface area contributed by atoms with E-state index in [1.165, 1.54) is 24.1 Å². The van der Waals surface area contributed by atoms with Gasteiger partial charge in [-0.05, 0) is 57.9 Å². The van der Waals surface area contributed by atoms with Crippen molar-refractivity contribution < 1.29 is 28.8 Å². The van der Waals surface area contributed by atoms with E-state index in [1.54, 1.807) is 20.8 Å². The van der Waals surface area contributed by atoms with Gasteiger partial charge in [-0.3, -0.25) is 9.59 Å². The average molecular weight is 497 g/mol. The molecule has 0 aliphatic carbocycles. The smallest absolute Gasteiger partial charge is 0.434 e. The molecule has 2 amide bonds. The summed E-state index contributed by atoms with van der Waals surface area (Å²) in [6.45, 7) is 7.62. The molecule has 0 saturated carbocycles. The second kappa shape index (κ2) is 13.0. The lowest BCUT2D eigenvalue weighted by Gasteiger charge is -2.24. The van der Waals surface area contributed by atoms with Crippen LogP contribution in [0.5, 0.6) is 0 Å². The molecule has 2 heterocycles. The van der Waals surface area contributed by atoms with Crippen molar-refractivity contribution in [3.8, 4) is 0 Å². The number of hydrogen-bond donors (Lipinski definition) is 2. The Morgan fingerprint density at radius 2 is 2.03 bits per heavy atom. The van der Waals surface area contributed by atoms with Crippen molar-refractivity contribution in [3.63, 3.8) is 0 Å². The molecule has 1 fully saturated rings. The van der Waals surface area contributed by atoms with Crippen molar-refractivity contribution >= 4 is 23.9 Å². The van der Waals surface area contributed by atoms with Crippen LogP contribution in [0.25, 0.3) is 0 Å². The van der Waals surface area contributed by atoms with E-state index in [2.05, 4.69) is 25.3 Å². The lowest BCUT2D eigenvalue weighted by Crippen LogP contribution is -2.51. The zero-order chi connectivity index (χ0) is 26.0. The molecule has 0 radical (unpaired) electrons. The topological polar surface area (TPSA) is 158 Å². The number of methoxy groups -OCH3 is 1. The lowest BCUT2D eigenvalue weighted by molar-refractivity contribution is -0.396. The number of ether oxygens (including phenoxy) is 2. The molecule has 13 nitrogen and oxygen atoms in total. The van der Waals surface area contributed by atoms with Crippen LogP contribution in [0.1, 0.15) is 52.9 Å². The summed E-state index contributed by atoms with van der Waals surface area (Å²) < 4.78 is 11.3. The van der Waals surface area contributed by atoms with Crippen LogP contribution < -0.4 is 10.6 Å². The van der Waals surface area contributed by atoms with Crippen LogP contribution in [0.15, 0.2) is 12.4 Å². The van der Waals surface area contributed by atoms with Crippen molar-refractivity contribution in [2.45, 2.75) is 77.1 Å². The summed E-state index contributed by atoms with van der Waals surface area (Å²) in [7, 11) is 1.36. The van der Waals surface area contributed by atoms with Gasteiger partial charge in [-0.1, -0.05) is 4.98 Å². The first-order valence-electron chi connectivity index (χ1n) is 11.7. The van der Waals surface area contributed by atoms with Crippen LogP contribution in [0, 0.1) is 10.1 Å². The molecule has 1 aliphatic rings. The molecule has 0 aromatic carbocycles. The van der Waals surface area contributed by atoms with Gasteiger partial charge in [0.25, 0.3) is 0 Å². The Morgan fingerprint density at radius 1 is 1.29 bits per heavy atom. The summed E-state index contributed by atoms with van der Waals surface area (Å²) in [5, 5.41) is 16.7. The minimum absolute atomic E-state index is 0.0849. The number of amides is 2. The number of nitrogens with zero attached hydrogens (tertiary/aromatic N) is 4. The predicted octanol–water partition coefficient (Wildman–Crippen LogP) is 1.61. The number of aromatic nitrogens is 2. The van der Waals surface area contributed by atoms with E-state index >= 15 is 0 Å². The monoisotopic (exact) mass is 496 g/mol. The Bertz CT molecular complexity index is 882. The quantitative estimate of drug-likeness (QED) is 0.249. The fourth-order valence-electron chi connectivity index (χ4n) is 3.84. The third kappa shape index (κ3) is 9.89. The first-order chi connectivity index (χ1) is 16.5. The van der Waals surface area contributed by atoms with Crippen molar-refractivity contribution in [2.75, 3.05) is 26.7 Å². The van der Waals surface area contributed by atoms with Gasteiger partial charge < -0.3 is 35.1 Å². The molecule has 1 saturated heterocycles. The molecule has 1 aliphatic heterocycles. The van der Waals surface area contributed by atoms with Crippen LogP contribution in [0.3, 0.4) is 0 Å². The fourth-order valence-corrected chi connectivity index (χ4v) is 3.84. The number of carbonyl (C=O) groups excluding carboxylic acids is 3. The molecule has 196 valence electrons. The van der Waals surface area contributed by atoms with Crippen LogP contribution >= 0.6 is 0 Å². The molecule has 35 heavy (non-hydrogen) atoms. The van der Waals surface area contributed by atoms with Gasteiger partial charge in [0.2, 0.25) is 5.91 Å². The van der Waals surface area contributed by atoms with E-state index in [0.29, 0.717) is 25.8 Å². The molecule has 13 heteroatoms. The van der Waals surface area contributed by atoms with Gasteiger partial charge in [0, 0.05) is 25.6 Å². The maximum Gasteiger partial charge on any atom is 0.434 e. The Kier molecular flexibility index (Phi) is 10.4. The number of nitrogens with one attached hydrogen (secondary N) is 2. The minimum atomic E-state index is -0.860. The highest BCUT2D eigenvalue weighted by molar-refractivity contribution is 5.85. The highest BCUT2D eigenvalue weighted by Crippen LogP contribution is 2.14. The second-order valence-corrected chi connectivity index (χ2v) is 9.49. The minimum Gasteiger partial charge on any atom is -0.469 e. The molecule has 2 rings (SSSR count). The lowest BCUT2D eigenvalue weighted by atomic mass is 10.1. The standard InChI is InChI=1S/C22H36N6O7/c1-22(2,3)35-21(31)25-17(7-5-12-27-14-10-23-20(27)28(32)33)19(30)24-16-9-13-26(15-16)11-6-8-18(29)34-4/h10,14,16-17H,5-9,11-13,15H2,1-4H3,(H,24,30)(H,25,31)/t16-,17+/m1/s1. The zero-order valence-corrected chi connectivity index (χ0v) is 20.8. The number of aryl methyl sites for hydroxylation is 1. The molecule has 0 bridgehead atoms. The Hall–Kier alpha value is -3.22. The predicted molar refractivity (Wildman–Crippen MR) is 126 cm³/mol. The van der Waals surface area contributed by atoms with Crippen molar-refractivity contribution in [1.29, 1.82) is 0 Å². The number of nitro groups is 1. The molecule has 1 aromatic rings. The first-order valence-corrected chi connectivity index (χ1v) is 11.7. The van der Waals surface area contributed by atoms with Crippen molar-refractivity contribution in [1.82, 2.24) is 25.1 Å². The van der Waals surface area contributed by atoms with E-state index < -0.39 is 22.7 Å². The van der Waals surface area contributed by atoms with E-state index in [-0.39, 0.29) is 36.8 Å². The summed E-state index contributed by atoms with van der Waals surface area (Å²) in [4.78, 5) is 53.0. The van der Waals surface area contributed by atoms with Crippen LogP contribution in [0.4, 0.5) is 10.7 Å². The number of imidazole rings is 1. The van der Waals surface area contributed by atoms with E-state index in [1.807, 2.05) is 0 Å². The Labute approximate surface area is 204 Å². The number of alkyl carbamates (subject to hydrolysis) is 1. The van der Waals surface area contributed by atoms with Crippen LogP contribution in [0.2, 0.25) is 0 Å². The van der Waals surface area contributed by atoms with E-state index in [0.717, 1.165) is 19.5 Å². The Balaban J connectivity index is 1.91. The van der Waals surface area contributed by atoms with Gasteiger partial charge in [0.1, 0.15) is 24.0 Å². The number of hydrogen-bond acceptors (Lipinski definition) is 9. The maximum absolute atomic E-state index is 13.0. The van der Waals surface area contributed by atoms with Crippen molar-refractivity contribution in [2.24, 2.45) is 0 Å². The first kappa shape index (κ1) is 28.0.